The Bertz CT molecular complexity index is 823. The van der Waals surface area contributed by atoms with E-state index in [2.05, 4.69) is 38.4 Å². The number of para-hydroxylation sites is 2. The zero-order valence-electron chi connectivity index (χ0n) is 13.1. The van der Waals surface area contributed by atoms with Crippen molar-refractivity contribution in [3.63, 3.8) is 0 Å². The molecule has 0 amide bonds. The van der Waals surface area contributed by atoms with Crippen LogP contribution in [-0.2, 0) is 11.8 Å². The van der Waals surface area contributed by atoms with Crippen LogP contribution in [0.1, 0.15) is 0 Å². The summed E-state index contributed by atoms with van der Waals surface area (Å²) in [4.78, 5) is 11.1. The largest absolute Gasteiger partial charge is 0.378 e. The lowest BCUT2D eigenvalue weighted by Crippen LogP contribution is -2.36. The van der Waals surface area contributed by atoms with E-state index in [1.54, 1.807) is 6.33 Å². The lowest BCUT2D eigenvalue weighted by atomic mass is 10.2. The van der Waals surface area contributed by atoms with Crippen molar-refractivity contribution in [3.05, 3.63) is 42.9 Å². The van der Waals surface area contributed by atoms with Crippen LogP contribution in [0.2, 0.25) is 0 Å². The van der Waals surface area contributed by atoms with E-state index in [4.69, 9.17) is 4.74 Å². The SMILES string of the molecule is Cn1ccc2c(Nc3ccccc3N3CCOCC3)ncnc21. The number of hydrogen-bond acceptors (Lipinski definition) is 5. The van der Waals surface area contributed by atoms with Crippen molar-refractivity contribution in [1.29, 1.82) is 0 Å². The van der Waals surface area contributed by atoms with E-state index in [0.717, 1.165) is 48.8 Å². The number of hydrogen-bond donors (Lipinski definition) is 1. The van der Waals surface area contributed by atoms with Gasteiger partial charge in [-0.2, -0.15) is 0 Å². The zero-order valence-corrected chi connectivity index (χ0v) is 13.1. The van der Waals surface area contributed by atoms with Gasteiger partial charge in [0.2, 0.25) is 0 Å². The Morgan fingerprint density at radius 2 is 1.91 bits per heavy atom. The molecule has 1 aliphatic rings. The monoisotopic (exact) mass is 309 g/mol. The molecule has 0 saturated carbocycles. The van der Waals surface area contributed by atoms with E-state index in [1.165, 1.54) is 5.69 Å². The van der Waals surface area contributed by atoms with Crippen LogP contribution in [0.3, 0.4) is 0 Å². The molecular weight excluding hydrogens is 290 g/mol. The Morgan fingerprint density at radius 3 is 2.78 bits per heavy atom. The molecule has 1 saturated heterocycles. The first kappa shape index (κ1) is 14.0. The van der Waals surface area contributed by atoms with Crippen LogP contribution in [0.4, 0.5) is 17.2 Å². The molecule has 0 radical (unpaired) electrons. The van der Waals surface area contributed by atoms with Gasteiger partial charge in [0.15, 0.2) is 0 Å². The van der Waals surface area contributed by atoms with Crippen molar-refractivity contribution >= 4 is 28.2 Å². The average molecular weight is 309 g/mol. The predicted octanol–water partition coefficient (Wildman–Crippen LogP) is 2.55. The minimum atomic E-state index is 0.769. The lowest BCUT2D eigenvalue weighted by Gasteiger charge is -2.30. The normalized spacial score (nSPS) is 15.1. The number of fused-ring (bicyclic) bond motifs is 1. The molecule has 0 atom stereocenters. The van der Waals surface area contributed by atoms with Gasteiger partial charge in [0, 0.05) is 26.3 Å². The fourth-order valence-corrected chi connectivity index (χ4v) is 2.96. The van der Waals surface area contributed by atoms with Gasteiger partial charge < -0.3 is 19.5 Å². The van der Waals surface area contributed by atoms with E-state index >= 15 is 0 Å². The lowest BCUT2D eigenvalue weighted by molar-refractivity contribution is 0.123. The summed E-state index contributed by atoms with van der Waals surface area (Å²) in [5.41, 5.74) is 3.16. The molecule has 6 heteroatoms. The molecule has 3 aromatic rings. The van der Waals surface area contributed by atoms with Gasteiger partial charge in [0.1, 0.15) is 17.8 Å². The summed E-state index contributed by atoms with van der Waals surface area (Å²) in [7, 11) is 1.99. The van der Waals surface area contributed by atoms with Gasteiger partial charge in [-0.1, -0.05) is 12.1 Å². The molecule has 1 N–H and O–H groups in total. The maximum Gasteiger partial charge on any atom is 0.145 e. The van der Waals surface area contributed by atoms with Crippen molar-refractivity contribution in [3.8, 4) is 0 Å². The van der Waals surface area contributed by atoms with Gasteiger partial charge in [0.05, 0.1) is 30.0 Å². The van der Waals surface area contributed by atoms with Crippen molar-refractivity contribution in [2.45, 2.75) is 0 Å². The van der Waals surface area contributed by atoms with Gasteiger partial charge in [-0.05, 0) is 18.2 Å². The first-order valence-corrected chi connectivity index (χ1v) is 7.78. The van der Waals surface area contributed by atoms with Gasteiger partial charge in [-0.25, -0.2) is 9.97 Å². The molecule has 0 unspecified atom stereocenters. The molecule has 1 aliphatic heterocycles. The van der Waals surface area contributed by atoms with Crippen LogP contribution in [0, 0.1) is 0 Å². The Balaban J connectivity index is 1.71. The van der Waals surface area contributed by atoms with E-state index in [9.17, 15) is 0 Å². The van der Waals surface area contributed by atoms with Crippen LogP contribution in [-0.4, -0.2) is 40.8 Å². The third-order valence-electron chi connectivity index (χ3n) is 4.17. The van der Waals surface area contributed by atoms with Crippen molar-refractivity contribution < 1.29 is 4.74 Å². The van der Waals surface area contributed by atoms with Crippen LogP contribution in [0.5, 0.6) is 0 Å². The third kappa shape index (κ3) is 2.61. The topological polar surface area (TPSA) is 55.2 Å². The molecule has 3 heterocycles. The molecule has 2 aromatic heterocycles. The molecule has 1 fully saturated rings. The number of aryl methyl sites for hydroxylation is 1. The average Bonchev–Trinajstić information content (AvgIpc) is 2.99. The minimum absolute atomic E-state index is 0.769. The Hall–Kier alpha value is -2.60. The summed E-state index contributed by atoms with van der Waals surface area (Å²) in [6.45, 7) is 3.35. The van der Waals surface area contributed by atoms with Gasteiger partial charge in [-0.15, -0.1) is 0 Å². The smallest absolute Gasteiger partial charge is 0.145 e. The molecule has 1 aromatic carbocycles. The summed E-state index contributed by atoms with van der Waals surface area (Å²) >= 11 is 0. The first-order valence-electron chi connectivity index (χ1n) is 7.78. The molecule has 118 valence electrons. The van der Waals surface area contributed by atoms with E-state index < -0.39 is 0 Å². The van der Waals surface area contributed by atoms with Crippen LogP contribution >= 0.6 is 0 Å². The van der Waals surface area contributed by atoms with Crippen LogP contribution in [0.15, 0.2) is 42.9 Å². The second-order valence-corrected chi connectivity index (χ2v) is 5.63. The fourth-order valence-electron chi connectivity index (χ4n) is 2.96. The fraction of sp³-hybridized carbons (Fsp3) is 0.294. The Morgan fingerprint density at radius 1 is 1.09 bits per heavy atom. The van der Waals surface area contributed by atoms with Crippen LogP contribution in [0.25, 0.3) is 11.0 Å². The second-order valence-electron chi connectivity index (χ2n) is 5.63. The Labute approximate surface area is 134 Å². The van der Waals surface area contributed by atoms with E-state index in [0.29, 0.717) is 0 Å². The van der Waals surface area contributed by atoms with Crippen molar-refractivity contribution in [2.75, 3.05) is 36.5 Å². The number of nitrogens with zero attached hydrogens (tertiary/aromatic N) is 4. The van der Waals surface area contributed by atoms with E-state index in [1.807, 2.05) is 29.9 Å². The summed E-state index contributed by atoms with van der Waals surface area (Å²) in [5, 5.41) is 4.50. The summed E-state index contributed by atoms with van der Waals surface area (Å²) < 4.78 is 7.45. The highest BCUT2D eigenvalue weighted by Crippen LogP contribution is 2.30. The highest BCUT2D eigenvalue weighted by atomic mass is 16.5. The Kier molecular flexibility index (Phi) is 3.59. The second kappa shape index (κ2) is 5.89. The third-order valence-corrected chi connectivity index (χ3v) is 4.17. The standard InChI is InChI=1S/C17H19N5O/c1-21-7-6-13-16(18-12-19-17(13)21)20-14-4-2-3-5-15(14)22-8-10-23-11-9-22/h2-7,12H,8-11H2,1H3,(H,18,19,20). The van der Waals surface area contributed by atoms with Crippen molar-refractivity contribution in [1.82, 2.24) is 14.5 Å². The predicted molar refractivity (Wildman–Crippen MR) is 91.3 cm³/mol. The van der Waals surface area contributed by atoms with Crippen LogP contribution < -0.4 is 10.2 Å². The molecule has 4 rings (SSSR count). The maximum absolute atomic E-state index is 5.45. The molecule has 0 spiro atoms. The molecule has 6 nitrogen and oxygen atoms in total. The van der Waals surface area contributed by atoms with Gasteiger partial charge in [0.25, 0.3) is 0 Å². The quantitative estimate of drug-likeness (QED) is 0.806. The number of nitrogens with one attached hydrogen (secondary N) is 1. The number of rotatable bonds is 3. The molecule has 0 aliphatic carbocycles. The number of aromatic nitrogens is 3. The van der Waals surface area contributed by atoms with Crippen molar-refractivity contribution in [2.24, 2.45) is 7.05 Å². The summed E-state index contributed by atoms with van der Waals surface area (Å²) in [5.74, 6) is 0.830. The minimum Gasteiger partial charge on any atom is -0.378 e. The number of ether oxygens (including phenoxy) is 1. The molecular formula is C17H19N5O. The van der Waals surface area contributed by atoms with Gasteiger partial charge >= 0.3 is 0 Å². The zero-order chi connectivity index (χ0) is 15.6. The van der Waals surface area contributed by atoms with Gasteiger partial charge in [-0.3, -0.25) is 0 Å². The highest BCUT2D eigenvalue weighted by molar-refractivity contribution is 5.90. The highest BCUT2D eigenvalue weighted by Gasteiger charge is 2.15. The number of morpholine rings is 1. The molecule has 23 heavy (non-hydrogen) atoms. The summed E-state index contributed by atoms with van der Waals surface area (Å²) in [6.07, 6.45) is 3.60. The maximum atomic E-state index is 5.45. The first-order chi connectivity index (χ1) is 11.3. The van der Waals surface area contributed by atoms with E-state index in [-0.39, 0.29) is 0 Å². The number of benzene rings is 1. The number of anilines is 3. The summed E-state index contributed by atoms with van der Waals surface area (Å²) in [6, 6.07) is 10.4. The molecule has 0 bridgehead atoms.